The minimum atomic E-state index is -0.158. The highest BCUT2D eigenvalue weighted by Gasteiger charge is 2.39. The van der Waals surface area contributed by atoms with E-state index < -0.39 is 0 Å². The maximum atomic E-state index is 11.6. The molecule has 0 unspecified atom stereocenters. The van der Waals surface area contributed by atoms with Gasteiger partial charge in [-0.3, -0.25) is 0 Å². The fourth-order valence-corrected chi connectivity index (χ4v) is 3.14. The van der Waals surface area contributed by atoms with E-state index in [0.717, 1.165) is 18.4 Å². The lowest BCUT2D eigenvalue weighted by Gasteiger charge is -2.31. The first-order valence-corrected chi connectivity index (χ1v) is 6.50. The molecule has 0 aromatic carbocycles. The average molecular weight is 234 g/mol. The number of carbonyl (C=O) groups excluding carboxylic acids is 1. The van der Waals surface area contributed by atoms with Crippen LogP contribution in [0.2, 0.25) is 0 Å². The van der Waals surface area contributed by atoms with Gasteiger partial charge in [-0.15, -0.1) is 0 Å². The quantitative estimate of drug-likeness (QED) is 0.682. The summed E-state index contributed by atoms with van der Waals surface area (Å²) in [6.07, 6.45) is 6.48. The van der Waals surface area contributed by atoms with Crippen LogP contribution in [0.15, 0.2) is 22.8 Å². The van der Waals surface area contributed by atoms with Gasteiger partial charge >= 0.3 is 5.97 Å². The average Bonchev–Trinajstić information content (AvgIpc) is 2.64. The molecule has 0 aliphatic heterocycles. The second-order valence-electron chi connectivity index (χ2n) is 5.82. The third-order valence-electron chi connectivity index (χ3n) is 4.35. The molecule has 0 bridgehead atoms. The Kier molecular flexibility index (Phi) is 3.15. The summed E-state index contributed by atoms with van der Waals surface area (Å²) in [7, 11) is 1.46. The van der Waals surface area contributed by atoms with Crippen LogP contribution in [0, 0.1) is 11.3 Å². The van der Waals surface area contributed by atoms with E-state index in [1.54, 1.807) is 0 Å². The number of fused-ring (bicyclic) bond motifs is 1. The SMILES string of the molecule is COC(=O)C1=CC2=C(C(C)C)CC[C@]2(C)CC1. The predicted octanol–water partition coefficient (Wildman–Crippen LogP) is 3.63. The highest BCUT2D eigenvalue weighted by atomic mass is 16.5. The molecule has 0 N–H and O–H groups in total. The number of carbonyl (C=O) groups is 1. The Morgan fingerprint density at radius 1 is 1.35 bits per heavy atom. The van der Waals surface area contributed by atoms with Gasteiger partial charge in [-0.1, -0.05) is 26.3 Å². The molecule has 0 fully saturated rings. The van der Waals surface area contributed by atoms with Crippen molar-refractivity contribution in [3.8, 4) is 0 Å². The smallest absolute Gasteiger partial charge is 0.333 e. The molecule has 2 aliphatic carbocycles. The zero-order chi connectivity index (χ0) is 12.6. The molecular weight excluding hydrogens is 212 g/mol. The van der Waals surface area contributed by atoms with Gasteiger partial charge in [0.25, 0.3) is 0 Å². The van der Waals surface area contributed by atoms with Crippen molar-refractivity contribution in [1.82, 2.24) is 0 Å². The fraction of sp³-hybridized carbons (Fsp3) is 0.667. The van der Waals surface area contributed by atoms with Crippen LogP contribution in [0.4, 0.5) is 0 Å². The zero-order valence-corrected chi connectivity index (χ0v) is 11.3. The highest BCUT2D eigenvalue weighted by molar-refractivity contribution is 5.89. The lowest BCUT2D eigenvalue weighted by molar-refractivity contribution is -0.136. The number of hydrogen-bond donors (Lipinski definition) is 0. The number of esters is 1. The minimum Gasteiger partial charge on any atom is -0.466 e. The molecule has 17 heavy (non-hydrogen) atoms. The zero-order valence-electron chi connectivity index (χ0n) is 11.3. The van der Waals surface area contributed by atoms with E-state index in [1.807, 2.05) is 0 Å². The summed E-state index contributed by atoms with van der Waals surface area (Å²) < 4.78 is 4.84. The lowest BCUT2D eigenvalue weighted by atomic mass is 9.73. The van der Waals surface area contributed by atoms with Gasteiger partial charge in [0.1, 0.15) is 0 Å². The van der Waals surface area contributed by atoms with E-state index in [9.17, 15) is 4.79 Å². The van der Waals surface area contributed by atoms with Gasteiger partial charge in [-0.25, -0.2) is 4.79 Å². The van der Waals surface area contributed by atoms with E-state index in [1.165, 1.54) is 31.1 Å². The van der Waals surface area contributed by atoms with Crippen LogP contribution < -0.4 is 0 Å². The molecule has 0 spiro atoms. The van der Waals surface area contributed by atoms with Gasteiger partial charge < -0.3 is 4.74 Å². The Morgan fingerprint density at radius 2 is 2.00 bits per heavy atom. The van der Waals surface area contributed by atoms with Gasteiger partial charge in [0.05, 0.1) is 7.11 Å². The second kappa shape index (κ2) is 4.32. The summed E-state index contributed by atoms with van der Waals surface area (Å²) >= 11 is 0. The van der Waals surface area contributed by atoms with Crippen molar-refractivity contribution in [2.45, 2.75) is 46.5 Å². The van der Waals surface area contributed by atoms with Gasteiger partial charge in [0.2, 0.25) is 0 Å². The molecule has 0 aromatic rings. The van der Waals surface area contributed by atoms with Crippen molar-refractivity contribution in [3.63, 3.8) is 0 Å². The molecule has 2 nitrogen and oxygen atoms in total. The molecule has 94 valence electrons. The van der Waals surface area contributed by atoms with Crippen molar-refractivity contribution in [2.24, 2.45) is 11.3 Å². The summed E-state index contributed by atoms with van der Waals surface area (Å²) in [5.74, 6) is 0.426. The van der Waals surface area contributed by atoms with E-state index >= 15 is 0 Å². The molecular formula is C15H22O2. The molecule has 0 aromatic heterocycles. The number of rotatable bonds is 2. The first-order valence-electron chi connectivity index (χ1n) is 6.50. The predicted molar refractivity (Wildman–Crippen MR) is 68.5 cm³/mol. The van der Waals surface area contributed by atoms with Crippen LogP contribution in [0.25, 0.3) is 0 Å². The summed E-state index contributed by atoms with van der Waals surface area (Å²) in [5.41, 5.74) is 4.10. The summed E-state index contributed by atoms with van der Waals surface area (Å²) in [5, 5.41) is 0. The Morgan fingerprint density at radius 3 is 2.59 bits per heavy atom. The van der Waals surface area contributed by atoms with Crippen molar-refractivity contribution in [2.75, 3.05) is 7.11 Å². The summed E-state index contributed by atoms with van der Waals surface area (Å²) in [4.78, 5) is 11.6. The van der Waals surface area contributed by atoms with E-state index in [0.29, 0.717) is 11.3 Å². The Labute approximate surface area is 104 Å². The first-order chi connectivity index (χ1) is 7.98. The number of methoxy groups -OCH3 is 1. The molecule has 2 heteroatoms. The largest absolute Gasteiger partial charge is 0.466 e. The van der Waals surface area contributed by atoms with Gasteiger partial charge in [-0.2, -0.15) is 0 Å². The molecule has 2 aliphatic rings. The van der Waals surface area contributed by atoms with Crippen LogP contribution in [0.3, 0.4) is 0 Å². The Bertz CT molecular complexity index is 401. The Balaban J connectivity index is 2.41. The van der Waals surface area contributed by atoms with Crippen LogP contribution in [-0.2, 0) is 9.53 Å². The van der Waals surface area contributed by atoms with Crippen molar-refractivity contribution in [3.05, 3.63) is 22.8 Å². The molecule has 0 radical (unpaired) electrons. The number of ether oxygens (including phenoxy) is 1. The van der Waals surface area contributed by atoms with E-state index in [2.05, 4.69) is 26.8 Å². The number of hydrogen-bond acceptors (Lipinski definition) is 2. The molecule has 2 rings (SSSR count). The minimum absolute atomic E-state index is 0.158. The fourth-order valence-electron chi connectivity index (χ4n) is 3.14. The molecule has 0 saturated carbocycles. The standard InChI is InChI=1S/C15H22O2/c1-10(2)12-6-8-15(3)7-5-11(9-13(12)15)14(16)17-4/h9-10H,5-8H2,1-4H3/t15-/m0/s1. The van der Waals surface area contributed by atoms with Crippen molar-refractivity contribution < 1.29 is 9.53 Å². The highest BCUT2D eigenvalue weighted by Crippen LogP contribution is 2.51. The van der Waals surface area contributed by atoms with Crippen LogP contribution in [0.1, 0.15) is 46.5 Å². The van der Waals surface area contributed by atoms with Gasteiger partial charge in [0, 0.05) is 5.57 Å². The van der Waals surface area contributed by atoms with Crippen molar-refractivity contribution >= 4 is 5.97 Å². The van der Waals surface area contributed by atoms with Crippen LogP contribution in [-0.4, -0.2) is 13.1 Å². The van der Waals surface area contributed by atoms with Crippen molar-refractivity contribution in [1.29, 1.82) is 0 Å². The number of allylic oxidation sites excluding steroid dienone is 3. The van der Waals surface area contributed by atoms with Crippen LogP contribution >= 0.6 is 0 Å². The molecule has 0 saturated heterocycles. The Hall–Kier alpha value is -1.05. The first kappa shape index (κ1) is 12.4. The van der Waals surface area contributed by atoms with E-state index in [-0.39, 0.29) is 5.97 Å². The molecule has 0 heterocycles. The lowest BCUT2D eigenvalue weighted by Crippen LogP contribution is -2.22. The normalized spacial score (nSPS) is 28.2. The second-order valence-corrected chi connectivity index (χ2v) is 5.82. The topological polar surface area (TPSA) is 26.3 Å². The monoisotopic (exact) mass is 234 g/mol. The molecule has 1 atom stereocenters. The maximum absolute atomic E-state index is 11.6. The van der Waals surface area contributed by atoms with E-state index in [4.69, 9.17) is 4.74 Å². The maximum Gasteiger partial charge on any atom is 0.333 e. The molecule has 0 amide bonds. The summed E-state index contributed by atoms with van der Waals surface area (Å²) in [6, 6.07) is 0. The third-order valence-corrected chi connectivity index (χ3v) is 4.35. The third kappa shape index (κ3) is 2.05. The van der Waals surface area contributed by atoms with Gasteiger partial charge in [-0.05, 0) is 48.7 Å². The van der Waals surface area contributed by atoms with Crippen LogP contribution in [0.5, 0.6) is 0 Å². The summed E-state index contributed by atoms with van der Waals surface area (Å²) in [6.45, 7) is 6.82. The van der Waals surface area contributed by atoms with Gasteiger partial charge in [0.15, 0.2) is 0 Å².